The van der Waals surface area contributed by atoms with Crippen LogP contribution in [0.3, 0.4) is 0 Å². The van der Waals surface area contributed by atoms with Crippen LogP contribution in [0.1, 0.15) is 31.2 Å². The van der Waals surface area contributed by atoms with E-state index in [1.54, 1.807) is 0 Å². The van der Waals surface area contributed by atoms with E-state index in [0.717, 1.165) is 11.5 Å². The molecule has 0 saturated carbocycles. The van der Waals surface area contributed by atoms with Crippen LogP contribution in [0.5, 0.6) is 0 Å². The van der Waals surface area contributed by atoms with Gasteiger partial charge in [-0.1, -0.05) is 19.9 Å². The Kier molecular flexibility index (Phi) is 1.79. The normalized spacial score (nSPS) is 11.4. The van der Waals surface area contributed by atoms with Crippen molar-refractivity contribution in [1.82, 2.24) is 14.6 Å². The highest BCUT2D eigenvalue weighted by Gasteiger charge is 2.09. The molecule has 0 atom stereocenters. The van der Waals surface area contributed by atoms with Crippen molar-refractivity contribution < 1.29 is 0 Å². The molecule has 0 bridgehead atoms. The molecule has 2 aromatic rings. The molecule has 0 aliphatic rings. The summed E-state index contributed by atoms with van der Waals surface area (Å²) in [7, 11) is 0. The van der Waals surface area contributed by atoms with Crippen LogP contribution in [-0.2, 0) is 0 Å². The van der Waals surface area contributed by atoms with Crippen molar-refractivity contribution in [3.8, 4) is 0 Å². The summed E-state index contributed by atoms with van der Waals surface area (Å²) in [5.41, 5.74) is 2.13. The van der Waals surface area contributed by atoms with Gasteiger partial charge in [-0.15, -0.1) is 10.2 Å². The SMILES string of the molecule is Cc1cccn2c(C(C)C)nnc12. The number of hydrogen-bond acceptors (Lipinski definition) is 2. The van der Waals surface area contributed by atoms with E-state index in [1.165, 1.54) is 5.56 Å². The lowest BCUT2D eigenvalue weighted by Crippen LogP contribution is -1.96. The minimum Gasteiger partial charge on any atom is -0.286 e. The van der Waals surface area contributed by atoms with Crippen LogP contribution < -0.4 is 0 Å². The van der Waals surface area contributed by atoms with Crippen LogP contribution in [0.25, 0.3) is 5.65 Å². The molecular weight excluding hydrogens is 162 g/mol. The van der Waals surface area contributed by atoms with Gasteiger partial charge < -0.3 is 0 Å². The number of hydrogen-bond donors (Lipinski definition) is 0. The lowest BCUT2D eigenvalue weighted by Gasteiger charge is -2.02. The molecule has 0 aliphatic heterocycles. The third-order valence-corrected chi connectivity index (χ3v) is 2.17. The predicted octanol–water partition coefficient (Wildman–Crippen LogP) is 2.16. The molecule has 13 heavy (non-hydrogen) atoms. The zero-order chi connectivity index (χ0) is 9.42. The lowest BCUT2D eigenvalue weighted by atomic mass is 10.2. The van der Waals surface area contributed by atoms with Gasteiger partial charge in [-0.05, 0) is 18.6 Å². The van der Waals surface area contributed by atoms with Gasteiger partial charge in [0, 0.05) is 12.1 Å². The molecule has 0 fully saturated rings. The largest absolute Gasteiger partial charge is 0.286 e. The molecule has 3 nitrogen and oxygen atoms in total. The molecule has 0 unspecified atom stereocenters. The molecule has 0 aliphatic carbocycles. The van der Waals surface area contributed by atoms with Gasteiger partial charge in [0.1, 0.15) is 5.82 Å². The molecule has 0 spiro atoms. The minimum absolute atomic E-state index is 0.414. The minimum atomic E-state index is 0.414. The van der Waals surface area contributed by atoms with E-state index in [-0.39, 0.29) is 0 Å². The molecule has 0 aromatic carbocycles. The maximum atomic E-state index is 4.17. The van der Waals surface area contributed by atoms with Crippen molar-refractivity contribution in [3.63, 3.8) is 0 Å². The molecule has 0 radical (unpaired) electrons. The smallest absolute Gasteiger partial charge is 0.163 e. The van der Waals surface area contributed by atoms with Crippen LogP contribution in [0.2, 0.25) is 0 Å². The summed E-state index contributed by atoms with van der Waals surface area (Å²) in [4.78, 5) is 0. The fraction of sp³-hybridized carbons (Fsp3) is 0.400. The maximum absolute atomic E-state index is 4.17. The average molecular weight is 175 g/mol. The first-order chi connectivity index (χ1) is 6.20. The summed E-state index contributed by atoms with van der Waals surface area (Å²) in [5.74, 6) is 1.44. The number of aromatic nitrogens is 3. The van der Waals surface area contributed by atoms with Gasteiger partial charge in [0.05, 0.1) is 0 Å². The summed E-state index contributed by atoms with van der Waals surface area (Å²) in [6, 6.07) is 4.08. The Morgan fingerprint density at radius 2 is 2.08 bits per heavy atom. The lowest BCUT2D eigenvalue weighted by molar-refractivity contribution is 0.759. The third-order valence-electron chi connectivity index (χ3n) is 2.17. The standard InChI is InChI=1S/C10H13N3/c1-7(2)9-11-12-10-8(3)5-4-6-13(9)10/h4-7H,1-3H3. The fourth-order valence-electron chi connectivity index (χ4n) is 1.46. The second-order valence-electron chi connectivity index (χ2n) is 3.60. The Morgan fingerprint density at radius 1 is 1.31 bits per heavy atom. The zero-order valence-corrected chi connectivity index (χ0v) is 8.15. The van der Waals surface area contributed by atoms with Crippen LogP contribution in [-0.4, -0.2) is 14.6 Å². The first kappa shape index (κ1) is 8.23. The van der Waals surface area contributed by atoms with Crippen LogP contribution in [0, 0.1) is 6.92 Å². The molecule has 0 amide bonds. The van der Waals surface area contributed by atoms with Crippen molar-refractivity contribution in [2.45, 2.75) is 26.7 Å². The number of fused-ring (bicyclic) bond motifs is 1. The quantitative estimate of drug-likeness (QED) is 0.664. The average Bonchev–Trinajstić information content (AvgIpc) is 2.48. The Balaban J connectivity index is 2.75. The highest BCUT2D eigenvalue weighted by atomic mass is 15.2. The van der Waals surface area contributed by atoms with E-state index in [2.05, 4.69) is 28.4 Å². The molecular formula is C10H13N3. The van der Waals surface area contributed by atoms with Crippen molar-refractivity contribution in [2.24, 2.45) is 0 Å². The Hall–Kier alpha value is -1.38. The topological polar surface area (TPSA) is 30.2 Å². The number of pyridine rings is 1. The second-order valence-corrected chi connectivity index (χ2v) is 3.60. The Bertz CT molecular complexity index is 429. The van der Waals surface area contributed by atoms with E-state index in [9.17, 15) is 0 Å². The molecule has 2 heterocycles. The summed E-state index contributed by atoms with van der Waals surface area (Å²) in [5, 5.41) is 8.32. The van der Waals surface area contributed by atoms with Gasteiger partial charge in [-0.3, -0.25) is 4.40 Å². The van der Waals surface area contributed by atoms with Crippen molar-refractivity contribution in [3.05, 3.63) is 29.7 Å². The first-order valence-electron chi connectivity index (χ1n) is 4.50. The molecule has 0 N–H and O–H groups in total. The first-order valence-corrected chi connectivity index (χ1v) is 4.50. The zero-order valence-electron chi connectivity index (χ0n) is 8.15. The van der Waals surface area contributed by atoms with Crippen molar-refractivity contribution in [1.29, 1.82) is 0 Å². The Labute approximate surface area is 77.4 Å². The third kappa shape index (κ3) is 1.20. The molecule has 2 aromatic heterocycles. The number of aryl methyl sites for hydroxylation is 1. The van der Waals surface area contributed by atoms with Gasteiger partial charge in [0.15, 0.2) is 5.65 Å². The van der Waals surface area contributed by atoms with Gasteiger partial charge in [-0.2, -0.15) is 0 Å². The molecule has 68 valence electrons. The molecule has 0 saturated heterocycles. The fourth-order valence-corrected chi connectivity index (χ4v) is 1.46. The summed E-state index contributed by atoms with van der Waals surface area (Å²) >= 11 is 0. The number of nitrogens with zero attached hydrogens (tertiary/aromatic N) is 3. The Morgan fingerprint density at radius 3 is 2.77 bits per heavy atom. The second kappa shape index (κ2) is 2.83. The molecule has 2 rings (SSSR count). The van der Waals surface area contributed by atoms with E-state index >= 15 is 0 Å². The van der Waals surface area contributed by atoms with Crippen LogP contribution in [0.15, 0.2) is 18.3 Å². The highest BCUT2D eigenvalue weighted by Crippen LogP contribution is 2.15. The molecule has 3 heteroatoms. The van der Waals surface area contributed by atoms with Gasteiger partial charge in [-0.25, -0.2) is 0 Å². The summed E-state index contributed by atoms with van der Waals surface area (Å²) in [6.07, 6.45) is 2.01. The van der Waals surface area contributed by atoms with E-state index in [0.29, 0.717) is 5.92 Å². The summed E-state index contributed by atoms with van der Waals surface area (Å²) in [6.45, 7) is 6.30. The van der Waals surface area contributed by atoms with E-state index in [1.807, 2.05) is 25.3 Å². The number of rotatable bonds is 1. The summed E-state index contributed by atoms with van der Waals surface area (Å²) < 4.78 is 2.06. The van der Waals surface area contributed by atoms with Crippen LogP contribution >= 0.6 is 0 Å². The van der Waals surface area contributed by atoms with E-state index < -0.39 is 0 Å². The predicted molar refractivity (Wildman–Crippen MR) is 51.8 cm³/mol. The monoisotopic (exact) mass is 175 g/mol. The maximum Gasteiger partial charge on any atom is 0.163 e. The van der Waals surface area contributed by atoms with Gasteiger partial charge in [0.2, 0.25) is 0 Å². The van der Waals surface area contributed by atoms with Gasteiger partial charge >= 0.3 is 0 Å². The van der Waals surface area contributed by atoms with E-state index in [4.69, 9.17) is 0 Å². The van der Waals surface area contributed by atoms with Crippen LogP contribution in [0.4, 0.5) is 0 Å². The highest BCUT2D eigenvalue weighted by molar-refractivity contribution is 5.46. The van der Waals surface area contributed by atoms with Crippen molar-refractivity contribution in [2.75, 3.05) is 0 Å². The van der Waals surface area contributed by atoms with Gasteiger partial charge in [0.25, 0.3) is 0 Å². The van der Waals surface area contributed by atoms with Crippen molar-refractivity contribution >= 4 is 5.65 Å².